The van der Waals surface area contributed by atoms with Crippen molar-refractivity contribution in [1.29, 1.82) is 0 Å². The molecule has 0 aromatic carbocycles. The van der Waals surface area contributed by atoms with Gasteiger partial charge in [0.15, 0.2) is 0 Å². The van der Waals surface area contributed by atoms with Gasteiger partial charge < -0.3 is 10.5 Å². The predicted molar refractivity (Wildman–Crippen MR) is 55.6 cm³/mol. The molecule has 0 aliphatic heterocycles. The van der Waals surface area contributed by atoms with Crippen LogP contribution in [0.2, 0.25) is 0 Å². The Morgan fingerprint density at radius 1 is 1.54 bits per heavy atom. The van der Waals surface area contributed by atoms with Gasteiger partial charge in [-0.05, 0) is 32.6 Å². The summed E-state index contributed by atoms with van der Waals surface area (Å²) in [6.07, 6.45) is 5.15. The van der Waals surface area contributed by atoms with Crippen LogP contribution in [0, 0.1) is 5.92 Å². The summed E-state index contributed by atoms with van der Waals surface area (Å²) in [5.41, 5.74) is 6.23. The fourth-order valence-electron chi connectivity index (χ4n) is 2.16. The van der Waals surface area contributed by atoms with Crippen LogP contribution in [-0.2, 0) is 4.74 Å². The van der Waals surface area contributed by atoms with Gasteiger partial charge in [-0.3, -0.25) is 0 Å². The molecule has 0 heterocycles. The Morgan fingerprint density at radius 3 is 2.77 bits per heavy atom. The molecule has 2 N–H and O–H groups in total. The van der Waals surface area contributed by atoms with Gasteiger partial charge in [-0.1, -0.05) is 19.8 Å². The molecule has 13 heavy (non-hydrogen) atoms. The Hall–Kier alpha value is -0.0800. The number of ether oxygens (including phenoxy) is 1. The largest absolute Gasteiger partial charge is 0.377 e. The van der Waals surface area contributed by atoms with Crippen LogP contribution < -0.4 is 5.73 Å². The molecular formula is C11H23NO. The summed E-state index contributed by atoms with van der Waals surface area (Å²) in [6.45, 7) is 7.15. The quantitative estimate of drug-likeness (QED) is 0.732. The number of nitrogens with two attached hydrogens (primary N) is 1. The molecule has 1 fully saturated rings. The molecule has 1 saturated carbocycles. The van der Waals surface area contributed by atoms with Crippen LogP contribution >= 0.6 is 0 Å². The van der Waals surface area contributed by atoms with Crippen LogP contribution in [0.4, 0.5) is 0 Å². The highest BCUT2D eigenvalue weighted by Gasteiger charge is 2.31. The van der Waals surface area contributed by atoms with E-state index in [1.54, 1.807) is 0 Å². The molecular weight excluding hydrogens is 162 g/mol. The van der Waals surface area contributed by atoms with Crippen molar-refractivity contribution >= 4 is 0 Å². The third kappa shape index (κ3) is 3.65. The average Bonchev–Trinajstić information content (AvgIpc) is 2.01. The third-order valence-electron chi connectivity index (χ3n) is 2.83. The van der Waals surface area contributed by atoms with Crippen molar-refractivity contribution in [2.75, 3.05) is 6.61 Å². The van der Waals surface area contributed by atoms with Crippen molar-refractivity contribution < 1.29 is 4.74 Å². The van der Waals surface area contributed by atoms with E-state index < -0.39 is 0 Å². The van der Waals surface area contributed by atoms with E-state index in [4.69, 9.17) is 10.5 Å². The molecule has 2 nitrogen and oxygen atoms in total. The van der Waals surface area contributed by atoms with Crippen LogP contribution in [0.5, 0.6) is 0 Å². The molecule has 0 amide bonds. The van der Waals surface area contributed by atoms with Gasteiger partial charge in [-0.15, -0.1) is 0 Å². The van der Waals surface area contributed by atoms with Gasteiger partial charge in [-0.2, -0.15) is 0 Å². The van der Waals surface area contributed by atoms with Crippen molar-refractivity contribution in [1.82, 2.24) is 0 Å². The number of hydrogen-bond donors (Lipinski definition) is 1. The van der Waals surface area contributed by atoms with Crippen LogP contribution in [-0.4, -0.2) is 18.2 Å². The second kappa shape index (κ2) is 4.43. The first-order valence-corrected chi connectivity index (χ1v) is 5.42. The zero-order valence-electron chi connectivity index (χ0n) is 9.18. The van der Waals surface area contributed by atoms with Gasteiger partial charge >= 0.3 is 0 Å². The Bertz CT molecular complexity index is 158. The van der Waals surface area contributed by atoms with E-state index in [2.05, 4.69) is 20.8 Å². The summed E-state index contributed by atoms with van der Waals surface area (Å²) in [5, 5.41) is 0. The second-order valence-corrected chi connectivity index (χ2v) is 4.92. The molecule has 2 atom stereocenters. The first kappa shape index (κ1) is 11.0. The average molecular weight is 185 g/mol. The van der Waals surface area contributed by atoms with Gasteiger partial charge in [-0.25, -0.2) is 0 Å². The number of hydrogen-bond acceptors (Lipinski definition) is 2. The van der Waals surface area contributed by atoms with E-state index >= 15 is 0 Å². The fraction of sp³-hybridized carbons (Fsp3) is 1.00. The monoisotopic (exact) mass is 185 g/mol. The van der Waals surface area contributed by atoms with Gasteiger partial charge in [0.1, 0.15) is 0 Å². The van der Waals surface area contributed by atoms with E-state index in [0.717, 1.165) is 25.4 Å². The minimum Gasteiger partial charge on any atom is -0.377 e. The SMILES string of the molecule is CC1CCCC(N)(COC(C)C)C1. The van der Waals surface area contributed by atoms with E-state index in [0.29, 0.717) is 6.10 Å². The zero-order chi connectivity index (χ0) is 9.90. The maximum atomic E-state index is 6.27. The Morgan fingerprint density at radius 2 is 2.23 bits per heavy atom. The summed E-state index contributed by atoms with van der Waals surface area (Å²) in [4.78, 5) is 0. The van der Waals surface area contributed by atoms with Gasteiger partial charge in [0.05, 0.1) is 12.7 Å². The van der Waals surface area contributed by atoms with Crippen molar-refractivity contribution in [2.24, 2.45) is 11.7 Å². The molecule has 1 rings (SSSR count). The van der Waals surface area contributed by atoms with E-state index in [9.17, 15) is 0 Å². The molecule has 0 saturated heterocycles. The van der Waals surface area contributed by atoms with Crippen molar-refractivity contribution in [3.8, 4) is 0 Å². The standard InChI is InChI=1S/C11H23NO/c1-9(2)13-8-11(12)6-4-5-10(3)7-11/h9-10H,4-8,12H2,1-3H3. The summed E-state index contributed by atoms with van der Waals surface area (Å²) in [7, 11) is 0. The number of rotatable bonds is 3. The zero-order valence-corrected chi connectivity index (χ0v) is 9.18. The summed E-state index contributed by atoms with van der Waals surface area (Å²) < 4.78 is 5.61. The fourth-order valence-corrected chi connectivity index (χ4v) is 2.16. The van der Waals surface area contributed by atoms with E-state index in [-0.39, 0.29) is 5.54 Å². The molecule has 0 aromatic rings. The lowest BCUT2D eigenvalue weighted by molar-refractivity contribution is 0.0213. The molecule has 0 aromatic heterocycles. The predicted octanol–water partition coefficient (Wildman–Crippen LogP) is 2.32. The smallest absolute Gasteiger partial charge is 0.0649 e. The van der Waals surface area contributed by atoms with Gasteiger partial charge in [0.25, 0.3) is 0 Å². The molecule has 0 spiro atoms. The van der Waals surface area contributed by atoms with Gasteiger partial charge in [0, 0.05) is 5.54 Å². The highest BCUT2D eigenvalue weighted by atomic mass is 16.5. The Labute approximate surface area is 81.8 Å². The van der Waals surface area contributed by atoms with Crippen LogP contribution in [0.1, 0.15) is 46.5 Å². The maximum absolute atomic E-state index is 6.27. The Kier molecular flexibility index (Phi) is 3.74. The second-order valence-electron chi connectivity index (χ2n) is 4.92. The minimum absolute atomic E-state index is 0.0397. The molecule has 78 valence electrons. The third-order valence-corrected chi connectivity index (χ3v) is 2.83. The topological polar surface area (TPSA) is 35.2 Å². The highest BCUT2D eigenvalue weighted by Crippen LogP contribution is 2.30. The lowest BCUT2D eigenvalue weighted by Crippen LogP contribution is -2.48. The first-order valence-electron chi connectivity index (χ1n) is 5.42. The highest BCUT2D eigenvalue weighted by molar-refractivity contribution is 4.89. The molecule has 1 aliphatic rings. The molecule has 0 radical (unpaired) electrons. The van der Waals surface area contributed by atoms with Crippen LogP contribution in [0.25, 0.3) is 0 Å². The maximum Gasteiger partial charge on any atom is 0.0649 e. The van der Waals surface area contributed by atoms with Gasteiger partial charge in [0.2, 0.25) is 0 Å². The molecule has 0 bridgehead atoms. The van der Waals surface area contributed by atoms with Crippen molar-refractivity contribution in [2.45, 2.75) is 58.1 Å². The molecule has 2 unspecified atom stereocenters. The normalized spacial score (nSPS) is 35.3. The summed E-state index contributed by atoms with van der Waals surface area (Å²) in [6, 6.07) is 0. The van der Waals surface area contributed by atoms with E-state index in [1.165, 1.54) is 12.8 Å². The molecule has 1 aliphatic carbocycles. The van der Waals surface area contributed by atoms with E-state index in [1.807, 2.05) is 0 Å². The minimum atomic E-state index is -0.0397. The molecule has 2 heteroatoms. The van der Waals surface area contributed by atoms with Crippen LogP contribution in [0.3, 0.4) is 0 Å². The first-order chi connectivity index (χ1) is 6.02. The van der Waals surface area contributed by atoms with Crippen molar-refractivity contribution in [3.63, 3.8) is 0 Å². The Balaban J connectivity index is 2.35. The van der Waals surface area contributed by atoms with Crippen molar-refractivity contribution in [3.05, 3.63) is 0 Å². The summed E-state index contributed by atoms with van der Waals surface area (Å²) in [5.74, 6) is 0.773. The lowest BCUT2D eigenvalue weighted by Gasteiger charge is -2.36. The lowest BCUT2D eigenvalue weighted by atomic mass is 9.77. The van der Waals surface area contributed by atoms with Crippen LogP contribution in [0.15, 0.2) is 0 Å². The summed E-state index contributed by atoms with van der Waals surface area (Å²) >= 11 is 0.